The minimum absolute atomic E-state index is 0.123. The third-order valence-electron chi connectivity index (χ3n) is 4.13. The van der Waals surface area contributed by atoms with Crippen molar-refractivity contribution in [3.05, 3.63) is 0 Å². The number of carbonyl (C=O) groups excluding carboxylic acids is 4. The van der Waals surface area contributed by atoms with E-state index in [2.05, 4.69) is 16.0 Å². The van der Waals surface area contributed by atoms with Crippen LogP contribution in [0.5, 0.6) is 0 Å². The normalized spacial score (nSPS) is 15.6. The molecule has 0 saturated heterocycles. The minimum Gasteiger partial charge on any atom is -0.480 e. The van der Waals surface area contributed by atoms with E-state index in [1.165, 1.54) is 18.7 Å². The Morgan fingerprint density at radius 1 is 0.968 bits per heavy atom. The number of aliphatic carboxylic acids is 1. The molecule has 0 saturated carbocycles. The number of aliphatic hydroxyl groups is 2. The zero-order valence-corrected chi connectivity index (χ0v) is 18.2. The van der Waals surface area contributed by atoms with Crippen molar-refractivity contribution in [3.63, 3.8) is 0 Å². The van der Waals surface area contributed by atoms with E-state index in [1.54, 1.807) is 6.26 Å². The first-order valence-corrected chi connectivity index (χ1v) is 10.8. The SMILES string of the molecule is CSCCC(NC(=O)C(NC(=O)C(N)CO)C(C)O)C(=O)NC(CCC(N)=O)C(=O)O. The van der Waals surface area contributed by atoms with Gasteiger partial charge in [0.1, 0.15) is 24.2 Å². The fraction of sp³-hybridized carbons (Fsp3) is 0.706. The van der Waals surface area contributed by atoms with Crippen LogP contribution in [0.2, 0.25) is 0 Å². The molecule has 0 aliphatic carbocycles. The van der Waals surface area contributed by atoms with Crippen molar-refractivity contribution in [1.82, 2.24) is 16.0 Å². The molecule has 10 N–H and O–H groups in total. The number of nitrogens with two attached hydrogens (primary N) is 2. The van der Waals surface area contributed by atoms with E-state index in [9.17, 15) is 34.2 Å². The van der Waals surface area contributed by atoms with Crippen molar-refractivity contribution in [3.8, 4) is 0 Å². The molecule has 0 aliphatic rings. The van der Waals surface area contributed by atoms with Crippen LogP contribution in [0.3, 0.4) is 0 Å². The first-order chi connectivity index (χ1) is 14.4. The molecule has 0 rings (SSSR count). The van der Waals surface area contributed by atoms with Crippen LogP contribution in [0.1, 0.15) is 26.2 Å². The highest BCUT2D eigenvalue weighted by Crippen LogP contribution is 2.05. The molecule has 31 heavy (non-hydrogen) atoms. The lowest BCUT2D eigenvalue weighted by Gasteiger charge is -2.26. The van der Waals surface area contributed by atoms with Crippen molar-refractivity contribution in [2.75, 3.05) is 18.6 Å². The zero-order chi connectivity index (χ0) is 24.1. The fourth-order valence-electron chi connectivity index (χ4n) is 2.33. The summed E-state index contributed by atoms with van der Waals surface area (Å²) in [5.74, 6) is -4.29. The predicted molar refractivity (Wildman–Crippen MR) is 112 cm³/mol. The number of nitrogens with one attached hydrogen (secondary N) is 3. The maximum Gasteiger partial charge on any atom is 0.326 e. The van der Waals surface area contributed by atoms with Crippen LogP contribution in [0, 0.1) is 0 Å². The van der Waals surface area contributed by atoms with Crippen molar-refractivity contribution >= 4 is 41.4 Å². The summed E-state index contributed by atoms with van der Waals surface area (Å²) in [6.45, 7) is 0.552. The number of carbonyl (C=O) groups is 5. The van der Waals surface area contributed by atoms with Gasteiger partial charge >= 0.3 is 5.97 Å². The average Bonchev–Trinajstić information content (AvgIpc) is 2.70. The van der Waals surface area contributed by atoms with Crippen LogP contribution in [-0.4, -0.2) is 93.8 Å². The Hall–Kier alpha value is -2.42. The summed E-state index contributed by atoms with van der Waals surface area (Å²) in [4.78, 5) is 59.3. The van der Waals surface area contributed by atoms with E-state index in [4.69, 9.17) is 16.6 Å². The van der Waals surface area contributed by atoms with Crippen LogP contribution < -0.4 is 27.4 Å². The second-order valence-corrected chi connectivity index (χ2v) is 7.75. The van der Waals surface area contributed by atoms with Crippen molar-refractivity contribution in [2.45, 2.75) is 56.5 Å². The molecule has 0 heterocycles. The second-order valence-electron chi connectivity index (χ2n) is 6.76. The first kappa shape index (κ1) is 28.6. The summed E-state index contributed by atoms with van der Waals surface area (Å²) in [5, 5.41) is 34.8. The molecule has 5 atom stereocenters. The van der Waals surface area contributed by atoms with Gasteiger partial charge in [-0.1, -0.05) is 0 Å². The van der Waals surface area contributed by atoms with E-state index in [0.29, 0.717) is 5.75 Å². The van der Waals surface area contributed by atoms with Crippen molar-refractivity contribution in [2.24, 2.45) is 11.5 Å². The maximum atomic E-state index is 12.6. The topological polar surface area (TPSA) is 234 Å². The molecule has 4 amide bonds. The smallest absolute Gasteiger partial charge is 0.326 e. The van der Waals surface area contributed by atoms with Gasteiger partial charge in [-0.05, 0) is 31.8 Å². The van der Waals surface area contributed by atoms with Gasteiger partial charge in [0.05, 0.1) is 12.7 Å². The maximum absolute atomic E-state index is 12.6. The number of rotatable bonds is 15. The second kappa shape index (κ2) is 14.6. The molecule has 0 radical (unpaired) electrons. The summed E-state index contributed by atoms with van der Waals surface area (Å²) >= 11 is 1.37. The number of amides is 4. The number of aliphatic hydroxyl groups excluding tert-OH is 2. The summed E-state index contributed by atoms with van der Waals surface area (Å²) in [6, 6.07) is -5.37. The van der Waals surface area contributed by atoms with Gasteiger partial charge in [-0.2, -0.15) is 11.8 Å². The number of primary amides is 1. The third kappa shape index (κ3) is 11.0. The number of hydrogen-bond donors (Lipinski definition) is 8. The van der Waals surface area contributed by atoms with E-state index in [1.807, 2.05) is 0 Å². The minimum atomic E-state index is -1.47. The first-order valence-electron chi connectivity index (χ1n) is 9.40. The van der Waals surface area contributed by atoms with Gasteiger partial charge in [0, 0.05) is 6.42 Å². The Morgan fingerprint density at radius 2 is 1.55 bits per heavy atom. The van der Waals surface area contributed by atoms with Crippen LogP contribution in [-0.2, 0) is 24.0 Å². The number of carboxylic acid groups (broad SMARTS) is 1. The van der Waals surface area contributed by atoms with Crippen LogP contribution in [0.4, 0.5) is 0 Å². The molecule has 5 unspecified atom stereocenters. The molecule has 0 bridgehead atoms. The molecule has 0 aliphatic heterocycles. The largest absolute Gasteiger partial charge is 0.480 e. The summed E-state index contributed by atoms with van der Waals surface area (Å²) < 4.78 is 0. The highest BCUT2D eigenvalue weighted by Gasteiger charge is 2.32. The van der Waals surface area contributed by atoms with Gasteiger partial charge in [-0.15, -0.1) is 0 Å². The van der Waals surface area contributed by atoms with E-state index < -0.39 is 66.5 Å². The standard InChI is InChI=1S/C17H31N5O8S/c1-8(24)13(22-14(26)9(18)7-23)16(28)20-10(5-6-31-2)15(27)21-11(17(29)30)3-4-12(19)25/h8-11,13,23-24H,3-7,18H2,1-2H3,(H2,19,25)(H,20,28)(H,21,27)(H,22,26)(H,29,30). The van der Waals surface area contributed by atoms with Crippen LogP contribution >= 0.6 is 11.8 Å². The van der Waals surface area contributed by atoms with Crippen LogP contribution in [0.25, 0.3) is 0 Å². The number of carboxylic acids is 1. The lowest BCUT2D eigenvalue weighted by atomic mass is 10.1. The molecule has 0 aromatic rings. The lowest BCUT2D eigenvalue weighted by Crippen LogP contribution is -2.60. The van der Waals surface area contributed by atoms with Gasteiger partial charge in [0.2, 0.25) is 23.6 Å². The van der Waals surface area contributed by atoms with Crippen LogP contribution in [0.15, 0.2) is 0 Å². The molecule has 0 fully saturated rings. The molecule has 178 valence electrons. The van der Waals surface area contributed by atoms with Gasteiger partial charge in [-0.25, -0.2) is 4.79 Å². The molecular formula is C17H31N5O8S. The van der Waals surface area contributed by atoms with Gasteiger partial charge in [-0.3, -0.25) is 19.2 Å². The Bertz CT molecular complexity index is 648. The Morgan fingerprint density at radius 3 is 2.00 bits per heavy atom. The lowest BCUT2D eigenvalue weighted by molar-refractivity contribution is -0.142. The fourth-order valence-corrected chi connectivity index (χ4v) is 2.80. The molecule has 0 spiro atoms. The molecular weight excluding hydrogens is 434 g/mol. The Labute approximate surface area is 183 Å². The van der Waals surface area contributed by atoms with Gasteiger partial charge < -0.3 is 42.7 Å². The molecule has 14 heteroatoms. The van der Waals surface area contributed by atoms with Gasteiger partial charge in [0.25, 0.3) is 0 Å². The molecule has 0 aromatic carbocycles. The quantitative estimate of drug-likeness (QED) is 0.118. The highest BCUT2D eigenvalue weighted by atomic mass is 32.2. The third-order valence-corrected chi connectivity index (χ3v) is 4.78. The number of hydrogen-bond acceptors (Lipinski definition) is 9. The summed E-state index contributed by atoms with van der Waals surface area (Å²) in [7, 11) is 0. The predicted octanol–water partition coefficient (Wildman–Crippen LogP) is -3.76. The summed E-state index contributed by atoms with van der Waals surface area (Å²) in [6.07, 6.45) is 0.0308. The zero-order valence-electron chi connectivity index (χ0n) is 17.4. The average molecular weight is 466 g/mol. The monoisotopic (exact) mass is 465 g/mol. The van der Waals surface area contributed by atoms with E-state index in [-0.39, 0.29) is 19.3 Å². The van der Waals surface area contributed by atoms with Gasteiger partial charge in [0.15, 0.2) is 0 Å². The van der Waals surface area contributed by atoms with E-state index in [0.717, 1.165) is 0 Å². The highest BCUT2D eigenvalue weighted by molar-refractivity contribution is 7.98. The number of thioether (sulfide) groups is 1. The van der Waals surface area contributed by atoms with Crippen molar-refractivity contribution in [1.29, 1.82) is 0 Å². The molecule has 0 aromatic heterocycles. The summed E-state index contributed by atoms with van der Waals surface area (Å²) in [5.41, 5.74) is 10.4. The Kier molecular flexibility index (Phi) is 13.4. The van der Waals surface area contributed by atoms with Crippen molar-refractivity contribution < 1.29 is 39.3 Å². The molecule has 13 nitrogen and oxygen atoms in total. The Balaban J connectivity index is 5.35. The van der Waals surface area contributed by atoms with E-state index >= 15 is 0 Å².